The Labute approximate surface area is 116 Å². The van der Waals surface area contributed by atoms with E-state index in [-0.39, 0.29) is 19.6 Å². The fraction of sp³-hybridized carbons (Fsp3) is 0.143. The van der Waals surface area contributed by atoms with Crippen molar-refractivity contribution in [1.29, 1.82) is 0 Å². The molecule has 4 nitrogen and oxygen atoms in total. The van der Waals surface area contributed by atoms with Crippen LogP contribution in [0.5, 0.6) is 0 Å². The van der Waals surface area contributed by atoms with Crippen LogP contribution in [-0.4, -0.2) is 22.2 Å². The highest BCUT2D eigenvalue weighted by atomic mass is 79.9. The maximum Gasteiger partial charge on any atom is 0.163 e. The van der Waals surface area contributed by atoms with E-state index in [1.807, 2.05) is 0 Å². The van der Waals surface area contributed by atoms with Gasteiger partial charge in [-0.3, -0.25) is 4.21 Å². The molecule has 0 aliphatic rings. The van der Waals surface area contributed by atoms with Crippen LogP contribution in [0.4, 0.5) is 0 Å². The summed E-state index contributed by atoms with van der Waals surface area (Å²) in [5, 5.41) is 0.316. The Balaban J connectivity index is 0.000000385. The Hall–Kier alpha value is 0.500. The van der Waals surface area contributed by atoms with Crippen molar-refractivity contribution < 1.29 is 17.5 Å². The molecule has 0 spiro atoms. The van der Waals surface area contributed by atoms with Crippen molar-refractivity contribution in [2.24, 2.45) is 0 Å². The summed E-state index contributed by atoms with van der Waals surface area (Å²) in [4.78, 5) is 0.0270. The van der Waals surface area contributed by atoms with Gasteiger partial charge in [-0.15, -0.1) is 0 Å². The van der Waals surface area contributed by atoms with E-state index in [1.54, 1.807) is 0 Å². The molecule has 0 heterocycles. The molecular weight excluding hydrogens is 363 g/mol. The molecule has 1 rings (SSSR count). The molecule has 1 aromatic carbocycles. The Bertz CT molecular complexity index is 402. The van der Waals surface area contributed by atoms with Crippen LogP contribution in [0.3, 0.4) is 0 Å². The van der Waals surface area contributed by atoms with Crippen LogP contribution in [0.25, 0.3) is 0 Å². The molecule has 0 radical (unpaired) electrons. The Morgan fingerprint density at radius 1 is 1.38 bits per heavy atom. The second-order valence-electron chi connectivity index (χ2n) is 2.22. The molecule has 0 bridgehead atoms. The molecule has 0 saturated heterocycles. The zero-order valence-electron chi connectivity index (χ0n) is 7.56. The number of alkyl halides is 1. The standard InChI is InChI=1S/C6H4Cl2O2S.CH3BrO2S/c7-4-2-1-3-5(6(4)8)11(9)10;2-1-5(3)4/h1-3H,(H,9,10);1H2,(H,3,4)/p-1. The van der Waals surface area contributed by atoms with Crippen LogP contribution in [0.1, 0.15) is 0 Å². The number of hydrogen-bond acceptors (Lipinski definition) is 3. The fourth-order valence-corrected chi connectivity index (χ4v) is 1.60. The van der Waals surface area contributed by atoms with Gasteiger partial charge in [-0.2, -0.15) is 0 Å². The average Bonchev–Trinajstić information content (AvgIpc) is 2.22. The molecule has 9 heteroatoms. The molecule has 0 aliphatic heterocycles. The maximum absolute atomic E-state index is 10.4. The lowest BCUT2D eigenvalue weighted by Gasteiger charge is -2.07. The highest BCUT2D eigenvalue weighted by Crippen LogP contribution is 2.26. The molecule has 2 atom stereocenters. The number of benzene rings is 1. The van der Waals surface area contributed by atoms with Crippen molar-refractivity contribution in [2.45, 2.75) is 4.90 Å². The van der Waals surface area contributed by atoms with E-state index in [2.05, 4.69) is 15.9 Å². The summed E-state index contributed by atoms with van der Waals surface area (Å²) in [6, 6.07) is 4.44. The van der Waals surface area contributed by atoms with Crippen molar-refractivity contribution in [3.05, 3.63) is 28.2 Å². The van der Waals surface area contributed by atoms with Crippen LogP contribution in [0.15, 0.2) is 23.1 Å². The van der Waals surface area contributed by atoms with Crippen molar-refractivity contribution >= 4 is 61.3 Å². The molecule has 2 unspecified atom stereocenters. The quantitative estimate of drug-likeness (QED) is 0.643. The molecule has 0 amide bonds. The normalized spacial score (nSPS) is 13.6. The summed E-state index contributed by atoms with van der Waals surface area (Å²) in [5.41, 5.74) is 0. The maximum atomic E-state index is 10.4. The van der Waals surface area contributed by atoms with Crippen molar-refractivity contribution in [2.75, 3.05) is 4.66 Å². The number of hydrogen-bond donors (Lipinski definition) is 1. The van der Waals surface area contributed by atoms with Crippen molar-refractivity contribution in [1.82, 2.24) is 0 Å². The van der Waals surface area contributed by atoms with E-state index in [4.69, 9.17) is 27.8 Å². The topological polar surface area (TPSA) is 77.4 Å². The molecule has 92 valence electrons. The molecule has 1 N–H and O–H groups in total. The van der Waals surface area contributed by atoms with Gasteiger partial charge in [-0.25, -0.2) is 4.21 Å². The third-order valence-corrected chi connectivity index (χ3v) is 4.18. The molecular formula is C7H6BrCl2O4S2-. The first kappa shape index (κ1) is 16.5. The van der Waals surface area contributed by atoms with Crippen LogP contribution < -0.4 is 0 Å². The molecule has 0 aliphatic carbocycles. The van der Waals surface area contributed by atoms with Gasteiger partial charge in [0.1, 0.15) is 4.66 Å². The van der Waals surface area contributed by atoms with Crippen LogP contribution in [0.2, 0.25) is 10.0 Å². The summed E-state index contributed by atoms with van der Waals surface area (Å²) in [7, 11) is 0. The van der Waals surface area contributed by atoms with Gasteiger partial charge in [0.05, 0.1) is 10.0 Å². The van der Waals surface area contributed by atoms with Crippen molar-refractivity contribution in [3.63, 3.8) is 0 Å². The monoisotopic (exact) mass is 367 g/mol. The van der Waals surface area contributed by atoms with E-state index < -0.39 is 22.2 Å². The van der Waals surface area contributed by atoms with Gasteiger partial charge in [0.15, 0.2) is 11.1 Å². The zero-order valence-corrected chi connectivity index (χ0v) is 12.3. The Morgan fingerprint density at radius 2 is 1.88 bits per heavy atom. The van der Waals surface area contributed by atoms with Crippen LogP contribution >= 0.6 is 39.1 Å². The second kappa shape index (κ2) is 8.57. The summed E-state index contributed by atoms with van der Waals surface area (Å²) < 4.78 is 38.2. The summed E-state index contributed by atoms with van der Waals surface area (Å²) in [6.07, 6.45) is 0. The largest absolute Gasteiger partial charge is 0.768 e. The predicted octanol–water partition coefficient (Wildman–Crippen LogP) is 2.79. The molecule has 0 fully saturated rings. The molecule has 1 aromatic rings. The van der Waals surface area contributed by atoms with Gasteiger partial charge in [-0.05, 0) is 23.2 Å². The highest BCUT2D eigenvalue weighted by molar-refractivity contribution is 9.10. The van der Waals surface area contributed by atoms with Gasteiger partial charge in [0.2, 0.25) is 0 Å². The summed E-state index contributed by atoms with van der Waals surface area (Å²) in [6.45, 7) is 0. The predicted molar refractivity (Wildman–Crippen MR) is 68.2 cm³/mol. The lowest BCUT2D eigenvalue weighted by molar-refractivity contribution is 0.537. The van der Waals surface area contributed by atoms with Gasteiger partial charge in [-0.1, -0.05) is 45.2 Å². The first-order valence-corrected chi connectivity index (χ1v) is 7.79. The van der Waals surface area contributed by atoms with Gasteiger partial charge >= 0.3 is 0 Å². The minimum atomic E-state index is -2.32. The van der Waals surface area contributed by atoms with Gasteiger partial charge < -0.3 is 9.11 Å². The number of rotatable bonds is 2. The van der Waals surface area contributed by atoms with Gasteiger partial charge in [0.25, 0.3) is 0 Å². The molecule has 0 saturated carbocycles. The van der Waals surface area contributed by atoms with Gasteiger partial charge in [0, 0.05) is 4.90 Å². The smallest absolute Gasteiger partial charge is 0.163 e. The number of halogens is 3. The summed E-state index contributed by atoms with van der Waals surface area (Å²) >= 11 is 9.91. The van der Waals surface area contributed by atoms with E-state index in [0.717, 1.165) is 0 Å². The van der Waals surface area contributed by atoms with Crippen LogP contribution in [0, 0.1) is 0 Å². The Morgan fingerprint density at radius 3 is 2.19 bits per heavy atom. The third-order valence-electron chi connectivity index (χ3n) is 1.19. The minimum Gasteiger partial charge on any atom is -0.768 e. The molecule has 0 aromatic heterocycles. The fourth-order valence-electron chi connectivity index (χ4n) is 0.613. The zero-order chi connectivity index (χ0) is 12.7. The average molecular weight is 369 g/mol. The van der Waals surface area contributed by atoms with E-state index >= 15 is 0 Å². The van der Waals surface area contributed by atoms with E-state index in [1.165, 1.54) is 18.2 Å². The lowest BCUT2D eigenvalue weighted by Crippen LogP contribution is -1.89. The van der Waals surface area contributed by atoms with Crippen LogP contribution in [-0.2, 0) is 22.2 Å². The Kier molecular flexibility index (Phi) is 8.84. The minimum absolute atomic E-state index is 0.0270. The van der Waals surface area contributed by atoms with E-state index in [9.17, 15) is 13.0 Å². The first-order valence-electron chi connectivity index (χ1n) is 3.56. The molecule has 16 heavy (non-hydrogen) atoms. The third kappa shape index (κ3) is 6.29. The highest BCUT2D eigenvalue weighted by Gasteiger charge is 2.02. The van der Waals surface area contributed by atoms with E-state index in [0.29, 0.717) is 0 Å². The summed E-state index contributed by atoms with van der Waals surface area (Å²) in [5.74, 6) is 0. The first-order chi connectivity index (χ1) is 7.40. The lowest BCUT2D eigenvalue weighted by atomic mass is 10.4. The van der Waals surface area contributed by atoms with Crippen molar-refractivity contribution in [3.8, 4) is 0 Å². The SMILES string of the molecule is O=S(O)CBr.O=S([O-])c1cccc(Cl)c1Cl. The second-order valence-corrected chi connectivity index (χ2v) is 6.15.